The van der Waals surface area contributed by atoms with Gasteiger partial charge >= 0.3 is 6.03 Å². The van der Waals surface area contributed by atoms with Gasteiger partial charge in [-0.05, 0) is 37.1 Å². The Morgan fingerprint density at radius 1 is 1.17 bits per heavy atom. The molecule has 0 saturated carbocycles. The Morgan fingerprint density at radius 2 is 1.83 bits per heavy atom. The zero-order valence-corrected chi connectivity index (χ0v) is 13.3. The summed E-state index contributed by atoms with van der Waals surface area (Å²) < 4.78 is 12.8. The molecule has 0 radical (unpaired) electrons. The fourth-order valence-electron chi connectivity index (χ4n) is 2.60. The van der Waals surface area contributed by atoms with E-state index in [-0.39, 0.29) is 30.8 Å². The maximum Gasteiger partial charge on any atom is 0.314 e. The lowest BCUT2D eigenvalue weighted by molar-refractivity contribution is -0.126. The number of piperidine rings is 1. The largest absolute Gasteiger partial charge is 0.354 e. The van der Waals surface area contributed by atoms with Gasteiger partial charge < -0.3 is 21.3 Å². The highest BCUT2D eigenvalue weighted by molar-refractivity contribution is 5.94. The van der Waals surface area contributed by atoms with Gasteiger partial charge in [0.1, 0.15) is 5.82 Å². The van der Waals surface area contributed by atoms with Gasteiger partial charge in [0.2, 0.25) is 5.91 Å². The first-order valence-electron chi connectivity index (χ1n) is 7.83. The zero-order valence-electron chi connectivity index (χ0n) is 13.3. The molecule has 2 rings (SSSR count). The predicted molar refractivity (Wildman–Crippen MR) is 85.6 cm³/mol. The molecule has 1 saturated heterocycles. The second kappa shape index (κ2) is 8.28. The number of rotatable bonds is 5. The second-order valence-corrected chi connectivity index (χ2v) is 5.68. The molecule has 1 aromatic rings. The number of hydrogen-bond donors (Lipinski definition) is 3. The van der Waals surface area contributed by atoms with E-state index in [1.54, 1.807) is 0 Å². The molecule has 7 nitrogen and oxygen atoms in total. The van der Waals surface area contributed by atoms with Crippen LogP contribution in [0.3, 0.4) is 0 Å². The smallest absolute Gasteiger partial charge is 0.314 e. The number of benzene rings is 1. The summed E-state index contributed by atoms with van der Waals surface area (Å²) in [4.78, 5) is 36.5. The molecule has 1 unspecified atom stereocenters. The zero-order chi connectivity index (χ0) is 17.5. The van der Waals surface area contributed by atoms with Crippen molar-refractivity contribution in [2.45, 2.75) is 12.8 Å². The first kappa shape index (κ1) is 17.7. The van der Waals surface area contributed by atoms with Gasteiger partial charge in [0.05, 0.1) is 5.92 Å². The van der Waals surface area contributed by atoms with Gasteiger partial charge in [0.15, 0.2) is 0 Å². The summed E-state index contributed by atoms with van der Waals surface area (Å²) in [5.74, 6) is -1.17. The molecule has 1 fully saturated rings. The maximum atomic E-state index is 12.8. The number of primary amides is 1. The minimum atomic E-state index is -0.515. The molecule has 1 atom stereocenters. The SMILES string of the molecule is NC(=O)N1CCCC(C(=O)NCCNC(=O)c2ccc(F)cc2)C1. The average Bonchev–Trinajstić information content (AvgIpc) is 2.59. The molecule has 130 valence electrons. The van der Waals surface area contributed by atoms with Crippen molar-refractivity contribution in [3.63, 3.8) is 0 Å². The van der Waals surface area contributed by atoms with Crippen molar-refractivity contribution in [3.8, 4) is 0 Å². The molecule has 4 N–H and O–H groups in total. The Hall–Kier alpha value is -2.64. The van der Waals surface area contributed by atoms with Crippen molar-refractivity contribution >= 4 is 17.8 Å². The quantitative estimate of drug-likeness (QED) is 0.680. The maximum absolute atomic E-state index is 12.8. The lowest BCUT2D eigenvalue weighted by atomic mass is 9.97. The van der Waals surface area contributed by atoms with E-state index in [9.17, 15) is 18.8 Å². The highest BCUT2D eigenvalue weighted by Gasteiger charge is 2.27. The van der Waals surface area contributed by atoms with Crippen molar-refractivity contribution < 1.29 is 18.8 Å². The highest BCUT2D eigenvalue weighted by Crippen LogP contribution is 2.16. The predicted octanol–water partition coefficient (Wildman–Crippen LogP) is 0.462. The van der Waals surface area contributed by atoms with Gasteiger partial charge in [0.25, 0.3) is 5.91 Å². The minimum absolute atomic E-state index is 0.156. The Bertz CT molecular complexity index is 606. The molecule has 1 aromatic carbocycles. The molecule has 1 aliphatic rings. The van der Waals surface area contributed by atoms with Crippen molar-refractivity contribution in [2.75, 3.05) is 26.2 Å². The topological polar surface area (TPSA) is 105 Å². The van der Waals surface area contributed by atoms with Crippen LogP contribution in [-0.2, 0) is 4.79 Å². The van der Waals surface area contributed by atoms with Crippen LogP contribution in [0.2, 0.25) is 0 Å². The van der Waals surface area contributed by atoms with Crippen molar-refractivity contribution in [2.24, 2.45) is 11.7 Å². The lowest BCUT2D eigenvalue weighted by Gasteiger charge is -2.30. The van der Waals surface area contributed by atoms with Crippen LogP contribution >= 0.6 is 0 Å². The Balaban J connectivity index is 1.70. The molecule has 1 aliphatic heterocycles. The number of nitrogens with zero attached hydrogens (tertiary/aromatic N) is 1. The summed E-state index contributed by atoms with van der Waals surface area (Å²) in [7, 11) is 0. The van der Waals surface area contributed by atoms with Crippen LogP contribution in [0.1, 0.15) is 23.2 Å². The standard InChI is InChI=1S/C16H21FN4O3/c17-13-5-3-11(4-6-13)14(22)19-7-8-20-15(23)12-2-1-9-21(10-12)16(18)24/h3-6,12H,1-2,7-10H2,(H2,18,24)(H,19,22)(H,20,23). The van der Waals surface area contributed by atoms with Crippen LogP contribution in [0, 0.1) is 11.7 Å². The van der Waals surface area contributed by atoms with Crippen LogP contribution in [0.15, 0.2) is 24.3 Å². The molecule has 8 heteroatoms. The monoisotopic (exact) mass is 336 g/mol. The molecule has 4 amide bonds. The summed E-state index contributed by atoms with van der Waals surface area (Å²) in [6, 6.07) is 4.70. The fourth-order valence-corrected chi connectivity index (χ4v) is 2.60. The van der Waals surface area contributed by atoms with Crippen LogP contribution in [0.25, 0.3) is 0 Å². The van der Waals surface area contributed by atoms with Gasteiger partial charge in [-0.1, -0.05) is 0 Å². The molecule has 0 spiro atoms. The number of carbonyl (C=O) groups is 3. The van der Waals surface area contributed by atoms with E-state index in [4.69, 9.17) is 5.73 Å². The number of nitrogens with one attached hydrogen (secondary N) is 2. The van der Waals surface area contributed by atoms with Crippen molar-refractivity contribution in [1.29, 1.82) is 0 Å². The summed E-state index contributed by atoms with van der Waals surface area (Å²) in [5, 5.41) is 5.38. The summed E-state index contributed by atoms with van der Waals surface area (Å²) in [6.45, 7) is 1.43. The number of carbonyl (C=O) groups excluding carboxylic acids is 3. The van der Waals surface area contributed by atoms with E-state index in [1.807, 2.05) is 0 Å². The lowest BCUT2D eigenvalue weighted by Crippen LogP contribution is -2.48. The Labute approximate surface area is 139 Å². The number of halogens is 1. The van der Waals surface area contributed by atoms with Crippen molar-refractivity contribution in [3.05, 3.63) is 35.6 Å². The van der Waals surface area contributed by atoms with E-state index in [2.05, 4.69) is 10.6 Å². The first-order chi connectivity index (χ1) is 11.5. The van der Waals surface area contributed by atoms with E-state index in [0.29, 0.717) is 25.1 Å². The number of urea groups is 1. The summed E-state index contributed by atoms with van der Waals surface area (Å²) in [5.41, 5.74) is 5.59. The van der Waals surface area contributed by atoms with Gasteiger partial charge in [-0.25, -0.2) is 9.18 Å². The van der Waals surface area contributed by atoms with Gasteiger partial charge in [-0.3, -0.25) is 9.59 Å². The molecule has 24 heavy (non-hydrogen) atoms. The number of hydrogen-bond acceptors (Lipinski definition) is 3. The van der Waals surface area contributed by atoms with Gasteiger partial charge in [-0.15, -0.1) is 0 Å². The normalized spacial score (nSPS) is 17.2. The third-order valence-corrected chi connectivity index (χ3v) is 3.92. The number of nitrogens with two attached hydrogens (primary N) is 1. The average molecular weight is 336 g/mol. The van der Waals surface area contributed by atoms with Crippen LogP contribution in [-0.4, -0.2) is 48.9 Å². The summed E-state index contributed by atoms with van der Waals surface area (Å²) >= 11 is 0. The molecule has 0 bridgehead atoms. The van der Waals surface area contributed by atoms with Crippen molar-refractivity contribution in [1.82, 2.24) is 15.5 Å². The number of likely N-dealkylation sites (tertiary alicyclic amines) is 1. The first-order valence-corrected chi connectivity index (χ1v) is 7.83. The van der Waals surface area contributed by atoms with E-state index >= 15 is 0 Å². The third-order valence-electron chi connectivity index (χ3n) is 3.92. The molecular weight excluding hydrogens is 315 g/mol. The Morgan fingerprint density at radius 3 is 2.50 bits per heavy atom. The van der Waals surface area contributed by atoms with E-state index in [1.165, 1.54) is 29.2 Å². The van der Waals surface area contributed by atoms with Crippen LogP contribution in [0.5, 0.6) is 0 Å². The Kier molecular flexibility index (Phi) is 6.11. The van der Waals surface area contributed by atoms with Crippen LogP contribution in [0.4, 0.5) is 9.18 Å². The second-order valence-electron chi connectivity index (χ2n) is 5.68. The van der Waals surface area contributed by atoms with Gasteiger partial charge in [0, 0.05) is 31.7 Å². The summed E-state index contributed by atoms with van der Waals surface area (Å²) in [6.07, 6.45) is 1.44. The molecule has 0 aromatic heterocycles. The molecular formula is C16H21FN4O3. The minimum Gasteiger partial charge on any atom is -0.354 e. The molecule has 1 heterocycles. The van der Waals surface area contributed by atoms with E-state index < -0.39 is 11.8 Å². The fraction of sp³-hybridized carbons (Fsp3) is 0.438. The van der Waals surface area contributed by atoms with Crippen LogP contribution < -0.4 is 16.4 Å². The van der Waals surface area contributed by atoms with Gasteiger partial charge in [-0.2, -0.15) is 0 Å². The molecule has 0 aliphatic carbocycles. The van der Waals surface area contributed by atoms with E-state index in [0.717, 1.165) is 6.42 Å². The number of amides is 4. The third kappa shape index (κ3) is 4.94. The highest BCUT2D eigenvalue weighted by atomic mass is 19.1.